The van der Waals surface area contributed by atoms with Crippen LogP contribution < -0.4 is 10.6 Å². The average molecular weight is 377 g/mol. The molecule has 0 aliphatic rings. The summed E-state index contributed by atoms with van der Waals surface area (Å²) in [5, 5.41) is 16.3. The Morgan fingerprint density at radius 2 is 1.82 bits per heavy atom. The zero-order valence-corrected chi connectivity index (χ0v) is 16.6. The molecule has 0 amide bonds. The van der Waals surface area contributed by atoms with E-state index in [1.165, 1.54) is 11.1 Å². The van der Waals surface area contributed by atoms with Gasteiger partial charge in [0.1, 0.15) is 5.82 Å². The molecule has 2 heterocycles. The second kappa shape index (κ2) is 9.28. The Morgan fingerprint density at radius 3 is 2.50 bits per heavy atom. The number of nitrogens with one attached hydrogen (secondary N) is 2. The number of rotatable bonds is 8. The van der Waals surface area contributed by atoms with E-state index in [1.54, 1.807) is 12.4 Å². The highest BCUT2D eigenvalue weighted by Gasteiger charge is 2.15. The van der Waals surface area contributed by atoms with Gasteiger partial charge >= 0.3 is 0 Å². The van der Waals surface area contributed by atoms with Crippen molar-refractivity contribution in [3.63, 3.8) is 0 Å². The molecule has 1 aromatic carbocycles. The number of aromatic nitrogens is 3. The lowest BCUT2D eigenvalue weighted by atomic mass is 10.1. The average Bonchev–Trinajstić information content (AvgIpc) is 2.71. The third-order valence-electron chi connectivity index (χ3n) is 4.57. The van der Waals surface area contributed by atoms with E-state index < -0.39 is 0 Å². The summed E-state index contributed by atoms with van der Waals surface area (Å²) in [6.45, 7) is 6.88. The Labute approximate surface area is 166 Å². The second-order valence-electron chi connectivity index (χ2n) is 7.22. The first-order valence-electron chi connectivity index (χ1n) is 9.51. The molecule has 28 heavy (non-hydrogen) atoms. The smallest absolute Gasteiger partial charge is 0.225 e. The van der Waals surface area contributed by atoms with Crippen molar-refractivity contribution < 1.29 is 5.11 Å². The van der Waals surface area contributed by atoms with Crippen molar-refractivity contribution in [3.8, 4) is 11.3 Å². The van der Waals surface area contributed by atoms with Crippen LogP contribution in [-0.4, -0.2) is 32.7 Å². The van der Waals surface area contributed by atoms with Crippen LogP contribution in [0.15, 0.2) is 54.9 Å². The van der Waals surface area contributed by atoms with Crippen LogP contribution in [0, 0.1) is 12.8 Å². The van der Waals surface area contributed by atoms with E-state index >= 15 is 0 Å². The number of anilines is 2. The first-order valence-corrected chi connectivity index (χ1v) is 9.51. The number of aliphatic hydroxyl groups is 1. The molecule has 3 rings (SSSR count). The van der Waals surface area contributed by atoms with E-state index in [0.29, 0.717) is 12.5 Å². The summed E-state index contributed by atoms with van der Waals surface area (Å²) in [6, 6.07) is 14.0. The second-order valence-corrected chi connectivity index (χ2v) is 7.22. The Morgan fingerprint density at radius 1 is 1.04 bits per heavy atom. The highest BCUT2D eigenvalue weighted by atomic mass is 16.3. The van der Waals surface area contributed by atoms with Gasteiger partial charge in [0.05, 0.1) is 18.3 Å². The van der Waals surface area contributed by atoms with E-state index in [0.717, 1.165) is 17.1 Å². The molecule has 0 radical (unpaired) electrons. The molecule has 0 saturated carbocycles. The fourth-order valence-corrected chi connectivity index (χ4v) is 2.88. The highest BCUT2D eigenvalue weighted by Crippen LogP contribution is 2.22. The molecule has 0 spiro atoms. The third-order valence-corrected chi connectivity index (χ3v) is 4.57. The maximum Gasteiger partial charge on any atom is 0.225 e. The van der Waals surface area contributed by atoms with Crippen molar-refractivity contribution in [2.45, 2.75) is 33.4 Å². The fraction of sp³-hybridized carbons (Fsp3) is 0.318. The maximum absolute atomic E-state index is 9.65. The molecule has 0 bridgehead atoms. The highest BCUT2D eigenvalue weighted by molar-refractivity contribution is 5.64. The molecule has 0 fully saturated rings. The number of pyridine rings is 1. The third kappa shape index (κ3) is 5.27. The molecule has 3 N–H and O–H groups in total. The number of hydrogen-bond acceptors (Lipinski definition) is 6. The summed E-state index contributed by atoms with van der Waals surface area (Å²) >= 11 is 0. The van der Waals surface area contributed by atoms with E-state index in [1.807, 2.05) is 18.2 Å². The van der Waals surface area contributed by atoms with Crippen LogP contribution >= 0.6 is 0 Å². The van der Waals surface area contributed by atoms with Crippen molar-refractivity contribution in [2.75, 3.05) is 17.2 Å². The summed E-state index contributed by atoms with van der Waals surface area (Å²) < 4.78 is 0. The summed E-state index contributed by atoms with van der Waals surface area (Å²) in [7, 11) is 0. The monoisotopic (exact) mass is 377 g/mol. The van der Waals surface area contributed by atoms with Crippen molar-refractivity contribution in [3.05, 3.63) is 66.0 Å². The van der Waals surface area contributed by atoms with Crippen LogP contribution in [0.3, 0.4) is 0 Å². The number of hydrogen-bond donors (Lipinski definition) is 3. The van der Waals surface area contributed by atoms with Gasteiger partial charge < -0.3 is 15.7 Å². The quantitative estimate of drug-likeness (QED) is 0.552. The van der Waals surface area contributed by atoms with Crippen LogP contribution in [-0.2, 0) is 6.54 Å². The first-order chi connectivity index (χ1) is 13.5. The van der Waals surface area contributed by atoms with Crippen LogP contribution in [0.1, 0.15) is 25.0 Å². The lowest BCUT2D eigenvalue weighted by Gasteiger charge is -2.20. The lowest BCUT2D eigenvalue weighted by Crippen LogP contribution is -2.30. The van der Waals surface area contributed by atoms with E-state index in [-0.39, 0.29) is 18.6 Å². The van der Waals surface area contributed by atoms with Crippen LogP contribution in [0.4, 0.5) is 11.8 Å². The van der Waals surface area contributed by atoms with Gasteiger partial charge in [-0.1, -0.05) is 43.7 Å². The van der Waals surface area contributed by atoms with Crippen molar-refractivity contribution in [1.29, 1.82) is 0 Å². The molecular formula is C22H27N5O. The lowest BCUT2D eigenvalue weighted by molar-refractivity contribution is 0.248. The molecule has 3 aromatic rings. The summed E-state index contributed by atoms with van der Waals surface area (Å²) in [4.78, 5) is 13.3. The standard InChI is InChI=1S/C22H27N5O/c1-15(2)20(14-28)26-22-25-19(18-7-9-23-10-8-18)12-21(27-22)24-13-17-6-4-5-16(3)11-17/h4-12,15,20,28H,13-14H2,1-3H3,(H2,24,25,26,27)/t20-/m1/s1. The molecule has 0 unspecified atom stereocenters. The molecular weight excluding hydrogens is 350 g/mol. The zero-order valence-electron chi connectivity index (χ0n) is 16.6. The SMILES string of the molecule is Cc1cccc(CNc2cc(-c3ccncc3)nc(N[C@H](CO)C(C)C)n2)c1. The normalized spacial score (nSPS) is 12.0. The molecule has 2 aromatic heterocycles. The van der Waals surface area contributed by atoms with Crippen LogP contribution in [0.5, 0.6) is 0 Å². The number of aliphatic hydroxyl groups excluding tert-OH is 1. The van der Waals surface area contributed by atoms with Gasteiger partial charge in [0, 0.05) is 30.6 Å². The van der Waals surface area contributed by atoms with E-state index in [2.05, 4.69) is 70.6 Å². The molecule has 6 heteroatoms. The fourth-order valence-electron chi connectivity index (χ4n) is 2.88. The summed E-state index contributed by atoms with van der Waals surface area (Å²) in [5.74, 6) is 1.47. The topological polar surface area (TPSA) is 83.0 Å². The molecule has 6 nitrogen and oxygen atoms in total. The molecule has 0 aliphatic heterocycles. The van der Waals surface area contributed by atoms with Crippen LogP contribution in [0.25, 0.3) is 11.3 Å². The Hall–Kier alpha value is -2.99. The predicted molar refractivity (Wildman–Crippen MR) is 113 cm³/mol. The summed E-state index contributed by atoms with van der Waals surface area (Å²) in [5.41, 5.74) is 4.18. The Bertz CT molecular complexity index is 898. The van der Waals surface area contributed by atoms with Gasteiger partial charge in [-0.2, -0.15) is 4.98 Å². The van der Waals surface area contributed by atoms with Gasteiger partial charge in [-0.25, -0.2) is 4.98 Å². The predicted octanol–water partition coefficient (Wildman–Crippen LogP) is 3.89. The van der Waals surface area contributed by atoms with E-state index in [9.17, 15) is 5.11 Å². The Kier molecular flexibility index (Phi) is 6.55. The van der Waals surface area contributed by atoms with Gasteiger partial charge in [0.2, 0.25) is 5.95 Å². The van der Waals surface area contributed by atoms with Gasteiger partial charge in [0.15, 0.2) is 0 Å². The minimum atomic E-state index is -0.114. The maximum atomic E-state index is 9.65. The molecule has 0 aliphatic carbocycles. The largest absolute Gasteiger partial charge is 0.394 e. The molecule has 1 atom stereocenters. The number of aryl methyl sites for hydroxylation is 1. The van der Waals surface area contributed by atoms with Gasteiger partial charge in [-0.15, -0.1) is 0 Å². The molecule has 146 valence electrons. The minimum Gasteiger partial charge on any atom is -0.394 e. The van der Waals surface area contributed by atoms with Crippen molar-refractivity contribution in [2.24, 2.45) is 5.92 Å². The first kappa shape index (κ1) is 19.8. The van der Waals surface area contributed by atoms with Crippen LogP contribution in [0.2, 0.25) is 0 Å². The van der Waals surface area contributed by atoms with E-state index in [4.69, 9.17) is 0 Å². The summed E-state index contributed by atoms with van der Waals surface area (Å²) in [6.07, 6.45) is 3.49. The minimum absolute atomic E-state index is 0.0204. The Balaban J connectivity index is 1.88. The number of benzene rings is 1. The van der Waals surface area contributed by atoms with Gasteiger partial charge in [0.25, 0.3) is 0 Å². The van der Waals surface area contributed by atoms with Crippen molar-refractivity contribution in [1.82, 2.24) is 15.0 Å². The van der Waals surface area contributed by atoms with Gasteiger partial charge in [-0.05, 0) is 30.5 Å². The zero-order chi connectivity index (χ0) is 19.9. The van der Waals surface area contributed by atoms with Gasteiger partial charge in [-0.3, -0.25) is 4.98 Å². The number of nitrogens with zero attached hydrogens (tertiary/aromatic N) is 3. The van der Waals surface area contributed by atoms with Crippen molar-refractivity contribution >= 4 is 11.8 Å². The molecule has 0 saturated heterocycles.